The summed E-state index contributed by atoms with van der Waals surface area (Å²) in [5.41, 5.74) is 6.99. The summed E-state index contributed by atoms with van der Waals surface area (Å²) in [4.78, 5) is 4.08. The van der Waals surface area contributed by atoms with Crippen molar-refractivity contribution in [1.29, 1.82) is 0 Å². The number of rotatable bonds is 4. The molecule has 4 heteroatoms. The number of furan rings is 1. The van der Waals surface area contributed by atoms with Gasteiger partial charge in [-0.1, -0.05) is 6.92 Å². The Balaban J connectivity index is 2.26. The molecule has 2 aromatic rings. The molecule has 0 radical (unpaired) electrons. The first-order valence-corrected chi connectivity index (χ1v) is 5.57. The molecule has 0 aliphatic heterocycles. The zero-order valence-corrected chi connectivity index (χ0v) is 10.0. The first kappa shape index (κ1) is 11.7. The van der Waals surface area contributed by atoms with E-state index in [1.54, 1.807) is 19.5 Å². The largest absolute Gasteiger partial charge is 0.495 e. The number of methoxy groups -OCH3 is 1. The molecule has 0 saturated heterocycles. The number of aryl methyl sites for hydroxylation is 1. The fourth-order valence-electron chi connectivity index (χ4n) is 1.63. The minimum Gasteiger partial charge on any atom is -0.495 e. The summed E-state index contributed by atoms with van der Waals surface area (Å²) in [7, 11) is 1.61. The number of ether oxygens (including phenoxy) is 1. The first-order valence-electron chi connectivity index (χ1n) is 5.57. The van der Waals surface area contributed by atoms with E-state index in [1.807, 2.05) is 25.1 Å². The normalized spacial score (nSPS) is 12.4. The lowest BCUT2D eigenvalue weighted by Gasteiger charge is -2.09. The van der Waals surface area contributed by atoms with Crippen LogP contribution in [0, 0.1) is 0 Å². The van der Waals surface area contributed by atoms with Gasteiger partial charge >= 0.3 is 0 Å². The minimum atomic E-state index is -0.308. The lowest BCUT2D eigenvalue weighted by molar-refractivity contribution is 0.411. The monoisotopic (exact) mass is 232 g/mol. The van der Waals surface area contributed by atoms with Gasteiger partial charge in [-0.15, -0.1) is 0 Å². The Morgan fingerprint density at radius 3 is 2.88 bits per heavy atom. The van der Waals surface area contributed by atoms with Gasteiger partial charge in [0.1, 0.15) is 17.3 Å². The Hall–Kier alpha value is -1.81. The number of nitrogens with zero attached hydrogens (tertiary/aromatic N) is 1. The second-order valence-corrected chi connectivity index (χ2v) is 3.79. The summed E-state index contributed by atoms with van der Waals surface area (Å²) < 4.78 is 10.7. The molecule has 2 N–H and O–H groups in total. The van der Waals surface area contributed by atoms with Gasteiger partial charge < -0.3 is 14.9 Å². The van der Waals surface area contributed by atoms with Gasteiger partial charge in [-0.3, -0.25) is 4.98 Å². The molecule has 1 atom stereocenters. The van der Waals surface area contributed by atoms with Crippen LogP contribution in [-0.2, 0) is 6.42 Å². The highest BCUT2D eigenvalue weighted by atomic mass is 16.5. The van der Waals surface area contributed by atoms with Crippen LogP contribution in [0.5, 0.6) is 5.75 Å². The van der Waals surface area contributed by atoms with Crippen molar-refractivity contribution in [3.05, 3.63) is 47.7 Å². The molecule has 0 aliphatic carbocycles. The maximum atomic E-state index is 6.12. The molecule has 17 heavy (non-hydrogen) atoms. The summed E-state index contributed by atoms with van der Waals surface area (Å²) in [5.74, 6) is 2.38. The molecular weight excluding hydrogens is 216 g/mol. The van der Waals surface area contributed by atoms with Crippen LogP contribution in [0.25, 0.3) is 0 Å². The van der Waals surface area contributed by atoms with Crippen molar-refractivity contribution in [2.24, 2.45) is 5.73 Å². The Labute approximate surface area is 100 Å². The summed E-state index contributed by atoms with van der Waals surface area (Å²) in [6.45, 7) is 2.04. The average Bonchev–Trinajstić information content (AvgIpc) is 2.86. The molecule has 0 amide bonds. The molecular formula is C13H16N2O2. The molecule has 2 rings (SSSR count). The third-order valence-electron chi connectivity index (χ3n) is 2.67. The van der Waals surface area contributed by atoms with Crippen LogP contribution in [0.1, 0.15) is 30.0 Å². The van der Waals surface area contributed by atoms with Gasteiger partial charge in [-0.25, -0.2) is 0 Å². The Kier molecular flexibility index (Phi) is 3.44. The van der Waals surface area contributed by atoms with Gasteiger partial charge in [0, 0.05) is 12.6 Å². The number of nitrogens with two attached hydrogens (primary N) is 1. The highest BCUT2D eigenvalue weighted by Gasteiger charge is 2.14. The summed E-state index contributed by atoms with van der Waals surface area (Å²) in [6.07, 6.45) is 4.24. The van der Waals surface area contributed by atoms with E-state index in [1.165, 1.54) is 0 Å². The second kappa shape index (κ2) is 5.01. The first-order chi connectivity index (χ1) is 8.24. The van der Waals surface area contributed by atoms with Crippen LogP contribution in [0.2, 0.25) is 0 Å². The maximum absolute atomic E-state index is 6.12. The molecule has 4 nitrogen and oxygen atoms in total. The van der Waals surface area contributed by atoms with Crippen LogP contribution in [0.3, 0.4) is 0 Å². The van der Waals surface area contributed by atoms with Crippen molar-refractivity contribution in [2.75, 3.05) is 7.11 Å². The lowest BCUT2D eigenvalue weighted by Crippen LogP contribution is -2.11. The summed E-state index contributed by atoms with van der Waals surface area (Å²) >= 11 is 0. The van der Waals surface area contributed by atoms with E-state index in [0.717, 1.165) is 23.5 Å². The van der Waals surface area contributed by atoms with Crippen LogP contribution < -0.4 is 10.5 Å². The van der Waals surface area contributed by atoms with Crippen molar-refractivity contribution in [1.82, 2.24) is 4.98 Å². The smallest absolute Gasteiger partial charge is 0.137 e. The van der Waals surface area contributed by atoms with Gasteiger partial charge in [0.25, 0.3) is 0 Å². The van der Waals surface area contributed by atoms with E-state index >= 15 is 0 Å². The van der Waals surface area contributed by atoms with Gasteiger partial charge in [0.05, 0.1) is 19.3 Å². The number of hydrogen-bond acceptors (Lipinski definition) is 4. The zero-order chi connectivity index (χ0) is 12.3. The van der Waals surface area contributed by atoms with Crippen LogP contribution in [0.4, 0.5) is 0 Å². The van der Waals surface area contributed by atoms with Crippen LogP contribution >= 0.6 is 0 Å². The van der Waals surface area contributed by atoms with Crippen molar-refractivity contribution in [3.63, 3.8) is 0 Å². The molecule has 0 spiro atoms. The van der Waals surface area contributed by atoms with Crippen molar-refractivity contribution in [3.8, 4) is 5.75 Å². The van der Waals surface area contributed by atoms with Crippen molar-refractivity contribution in [2.45, 2.75) is 19.4 Å². The molecule has 0 bridgehead atoms. The highest BCUT2D eigenvalue weighted by Crippen LogP contribution is 2.23. The van der Waals surface area contributed by atoms with Crippen molar-refractivity contribution < 1.29 is 9.15 Å². The standard InChI is InChI=1S/C13H16N2O2/c1-3-10-4-5-12(17-10)13(14)9-6-11(16-2)8-15-7-9/h4-8,13H,3,14H2,1-2H3. The summed E-state index contributed by atoms with van der Waals surface area (Å²) in [5, 5.41) is 0. The van der Waals surface area contributed by atoms with E-state index in [0.29, 0.717) is 5.75 Å². The predicted molar refractivity (Wildman–Crippen MR) is 64.9 cm³/mol. The molecule has 2 aromatic heterocycles. The van der Waals surface area contributed by atoms with Gasteiger partial charge in [-0.2, -0.15) is 0 Å². The van der Waals surface area contributed by atoms with E-state index in [-0.39, 0.29) is 6.04 Å². The van der Waals surface area contributed by atoms with Crippen LogP contribution in [-0.4, -0.2) is 12.1 Å². The Morgan fingerprint density at radius 2 is 2.24 bits per heavy atom. The third kappa shape index (κ3) is 2.47. The number of aromatic nitrogens is 1. The molecule has 90 valence electrons. The maximum Gasteiger partial charge on any atom is 0.137 e. The van der Waals surface area contributed by atoms with Crippen molar-refractivity contribution >= 4 is 0 Å². The molecule has 0 aromatic carbocycles. The van der Waals surface area contributed by atoms with E-state index < -0.39 is 0 Å². The summed E-state index contributed by atoms with van der Waals surface area (Å²) in [6, 6.07) is 5.41. The number of pyridine rings is 1. The Morgan fingerprint density at radius 1 is 1.41 bits per heavy atom. The molecule has 0 aliphatic rings. The lowest BCUT2D eigenvalue weighted by atomic mass is 10.1. The fourth-order valence-corrected chi connectivity index (χ4v) is 1.63. The SMILES string of the molecule is CCc1ccc(C(N)c2cncc(OC)c2)o1. The minimum absolute atomic E-state index is 0.308. The molecule has 2 heterocycles. The van der Waals surface area contributed by atoms with E-state index in [2.05, 4.69) is 4.98 Å². The molecule has 0 saturated carbocycles. The Bertz CT molecular complexity index is 494. The zero-order valence-electron chi connectivity index (χ0n) is 10.0. The van der Waals surface area contributed by atoms with E-state index in [9.17, 15) is 0 Å². The van der Waals surface area contributed by atoms with Crippen LogP contribution in [0.15, 0.2) is 35.0 Å². The second-order valence-electron chi connectivity index (χ2n) is 3.79. The fraction of sp³-hybridized carbons (Fsp3) is 0.308. The average molecular weight is 232 g/mol. The van der Waals surface area contributed by atoms with E-state index in [4.69, 9.17) is 14.9 Å². The molecule has 1 unspecified atom stereocenters. The quantitative estimate of drug-likeness (QED) is 0.878. The third-order valence-corrected chi connectivity index (χ3v) is 2.67. The molecule has 0 fully saturated rings. The van der Waals surface area contributed by atoms with Gasteiger partial charge in [0.15, 0.2) is 0 Å². The number of hydrogen-bond donors (Lipinski definition) is 1. The predicted octanol–water partition coefficient (Wildman–Crippen LogP) is 2.29. The van der Waals surface area contributed by atoms with Gasteiger partial charge in [0.2, 0.25) is 0 Å². The highest BCUT2D eigenvalue weighted by molar-refractivity contribution is 5.30. The topological polar surface area (TPSA) is 61.3 Å². The van der Waals surface area contributed by atoms with Gasteiger partial charge in [-0.05, 0) is 23.8 Å².